The van der Waals surface area contributed by atoms with E-state index in [1.165, 1.54) is 12.3 Å². The van der Waals surface area contributed by atoms with E-state index in [0.717, 1.165) is 0 Å². The number of nitrogens with zero attached hydrogens (tertiary/aromatic N) is 2. The fraction of sp³-hybridized carbons (Fsp3) is 0. The zero-order chi connectivity index (χ0) is 11.6. The highest BCUT2D eigenvalue weighted by atomic mass is 32.2. The average Bonchev–Trinajstić information content (AvgIpc) is 2.29. The number of nitrogens with two attached hydrogens (primary N) is 1. The van der Waals surface area contributed by atoms with Gasteiger partial charge in [0.25, 0.3) is 0 Å². The molecule has 0 radical (unpaired) electrons. The van der Waals surface area contributed by atoms with Crippen molar-refractivity contribution in [3.05, 3.63) is 42.7 Å². The lowest BCUT2D eigenvalue weighted by Crippen LogP contribution is -2.12. The third-order valence-corrected chi connectivity index (χ3v) is 2.89. The first-order chi connectivity index (χ1) is 7.57. The van der Waals surface area contributed by atoms with Crippen molar-refractivity contribution < 1.29 is 8.42 Å². The van der Waals surface area contributed by atoms with Crippen LogP contribution < -0.4 is 5.14 Å². The molecule has 0 unspecified atom stereocenters. The van der Waals surface area contributed by atoms with Crippen molar-refractivity contribution in [1.82, 2.24) is 9.97 Å². The van der Waals surface area contributed by atoms with Gasteiger partial charge in [-0.25, -0.2) is 13.6 Å². The van der Waals surface area contributed by atoms with Gasteiger partial charge in [-0.3, -0.25) is 9.97 Å². The van der Waals surface area contributed by atoms with Crippen molar-refractivity contribution in [1.29, 1.82) is 0 Å². The Morgan fingerprint density at radius 2 is 1.75 bits per heavy atom. The number of pyridine rings is 2. The summed E-state index contributed by atoms with van der Waals surface area (Å²) < 4.78 is 22.0. The summed E-state index contributed by atoms with van der Waals surface area (Å²) in [5.41, 5.74) is 1.29. The van der Waals surface area contributed by atoms with Crippen LogP contribution in [-0.4, -0.2) is 18.4 Å². The van der Waals surface area contributed by atoms with Crippen LogP contribution in [0.3, 0.4) is 0 Å². The number of hydrogen-bond donors (Lipinski definition) is 1. The normalized spacial score (nSPS) is 11.3. The van der Waals surface area contributed by atoms with Crippen LogP contribution in [0.2, 0.25) is 0 Å². The van der Waals surface area contributed by atoms with Crippen LogP contribution in [0.4, 0.5) is 0 Å². The summed E-state index contributed by atoms with van der Waals surface area (Å²) in [5.74, 6) is 0. The van der Waals surface area contributed by atoms with E-state index in [2.05, 4.69) is 9.97 Å². The Balaban J connectivity index is 2.41. The largest absolute Gasteiger partial charge is 0.255 e. The van der Waals surface area contributed by atoms with E-state index < -0.39 is 10.0 Å². The maximum atomic E-state index is 11.0. The maximum Gasteiger partial charge on any atom is 0.239 e. The lowest BCUT2D eigenvalue weighted by Gasteiger charge is -2.00. The van der Waals surface area contributed by atoms with Crippen molar-refractivity contribution >= 4 is 10.0 Å². The Morgan fingerprint density at radius 3 is 2.25 bits per heavy atom. The first kappa shape index (κ1) is 10.7. The molecule has 0 aliphatic rings. The Bertz CT molecular complexity index is 579. The van der Waals surface area contributed by atoms with Gasteiger partial charge in [0.15, 0.2) is 0 Å². The Labute approximate surface area is 93.0 Å². The summed E-state index contributed by atoms with van der Waals surface area (Å²) in [7, 11) is -3.68. The predicted molar refractivity (Wildman–Crippen MR) is 58.8 cm³/mol. The standard InChI is InChI=1S/C10H9N3O2S/c11-16(14,15)8-4-5-10(13-7-8)9-3-1-2-6-12-9/h1-7H,(H2,11,14,15). The summed E-state index contributed by atoms with van der Waals surface area (Å²) in [6.45, 7) is 0. The molecule has 0 saturated carbocycles. The van der Waals surface area contributed by atoms with Gasteiger partial charge >= 0.3 is 0 Å². The second kappa shape index (κ2) is 3.99. The number of sulfonamides is 1. The molecule has 0 saturated heterocycles. The van der Waals surface area contributed by atoms with Gasteiger partial charge in [0.2, 0.25) is 10.0 Å². The lowest BCUT2D eigenvalue weighted by molar-refractivity contribution is 0.597. The minimum Gasteiger partial charge on any atom is -0.255 e. The maximum absolute atomic E-state index is 11.0. The van der Waals surface area contributed by atoms with E-state index >= 15 is 0 Å². The van der Waals surface area contributed by atoms with Gasteiger partial charge in [0.1, 0.15) is 4.90 Å². The Hall–Kier alpha value is -1.79. The molecule has 0 bridgehead atoms. The Morgan fingerprint density at radius 1 is 1.00 bits per heavy atom. The van der Waals surface area contributed by atoms with Crippen molar-refractivity contribution in [2.24, 2.45) is 5.14 Å². The van der Waals surface area contributed by atoms with Gasteiger partial charge in [0, 0.05) is 12.4 Å². The second-order valence-corrected chi connectivity index (χ2v) is 4.70. The van der Waals surface area contributed by atoms with Crippen LogP contribution in [0.15, 0.2) is 47.6 Å². The molecule has 0 aliphatic carbocycles. The van der Waals surface area contributed by atoms with E-state index in [4.69, 9.17) is 5.14 Å². The van der Waals surface area contributed by atoms with Crippen molar-refractivity contribution in [2.45, 2.75) is 4.90 Å². The molecule has 2 heterocycles. The molecule has 2 N–H and O–H groups in total. The average molecular weight is 235 g/mol. The minimum absolute atomic E-state index is 0.00724. The summed E-state index contributed by atoms with van der Waals surface area (Å²) in [5, 5.41) is 4.96. The van der Waals surface area contributed by atoms with Gasteiger partial charge in [-0.1, -0.05) is 6.07 Å². The van der Waals surface area contributed by atoms with Crippen LogP contribution in [-0.2, 0) is 10.0 Å². The van der Waals surface area contributed by atoms with Crippen molar-refractivity contribution in [3.63, 3.8) is 0 Å². The van der Waals surface area contributed by atoms with E-state index in [-0.39, 0.29) is 4.90 Å². The van der Waals surface area contributed by atoms with Gasteiger partial charge in [-0.15, -0.1) is 0 Å². The fourth-order valence-electron chi connectivity index (χ4n) is 1.21. The van der Waals surface area contributed by atoms with Crippen LogP contribution in [0, 0.1) is 0 Å². The molecule has 2 aromatic rings. The summed E-state index contributed by atoms with van der Waals surface area (Å²) >= 11 is 0. The highest BCUT2D eigenvalue weighted by molar-refractivity contribution is 7.89. The topological polar surface area (TPSA) is 85.9 Å². The van der Waals surface area contributed by atoms with Gasteiger partial charge in [0.05, 0.1) is 11.4 Å². The SMILES string of the molecule is NS(=O)(=O)c1ccc(-c2ccccn2)nc1. The number of rotatable bonds is 2. The molecule has 0 atom stereocenters. The summed E-state index contributed by atoms with van der Waals surface area (Å²) in [6, 6.07) is 8.40. The molecular formula is C10H9N3O2S. The molecule has 2 aromatic heterocycles. The summed E-state index contributed by atoms with van der Waals surface area (Å²) in [4.78, 5) is 8.08. The van der Waals surface area contributed by atoms with Crippen molar-refractivity contribution in [2.75, 3.05) is 0 Å². The molecule has 0 aromatic carbocycles. The van der Waals surface area contributed by atoms with E-state index in [9.17, 15) is 8.42 Å². The van der Waals surface area contributed by atoms with Crippen LogP contribution in [0.25, 0.3) is 11.4 Å². The molecule has 82 valence electrons. The highest BCUT2D eigenvalue weighted by Gasteiger charge is 2.08. The van der Waals surface area contributed by atoms with Crippen LogP contribution >= 0.6 is 0 Å². The molecule has 16 heavy (non-hydrogen) atoms. The molecule has 6 heteroatoms. The quantitative estimate of drug-likeness (QED) is 0.833. The van der Waals surface area contributed by atoms with Crippen LogP contribution in [0.5, 0.6) is 0 Å². The third-order valence-electron chi connectivity index (χ3n) is 1.99. The first-order valence-electron chi connectivity index (χ1n) is 4.47. The van der Waals surface area contributed by atoms with Gasteiger partial charge in [-0.2, -0.15) is 0 Å². The number of hydrogen-bond acceptors (Lipinski definition) is 4. The van der Waals surface area contributed by atoms with Gasteiger partial charge in [-0.05, 0) is 24.3 Å². The number of primary sulfonamides is 1. The minimum atomic E-state index is -3.68. The van der Waals surface area contributed by atoms with Crippen molar-refractivity contribution in [3.8, 4) is 11.4 Å². The van der Waals surface area contributed by atoms with E-state index in [0.29, 0.717) is 11.4 Å². The molecule has 0 fully saturated rings. The smallest absolute Gasteiger partial charge is 0.239 e. The number of aromatic nitrogens is 2. The molecule has 2 rings (SSSR count). The first-order valence-corrected chi connectivity index (χ1v) is 6.02. The highest BCUT2D eigenvalue weighted by Crippen LogP contribution is 2.14. The molecular weight excluding hydrogens is 226 g/mol. The van der Waals surface area contributed by atoms with Crippen LogP contribution in [0.1, 0.15) is 0 Å². The second-order valence-electron chi connectivity index (χ2n) is 3.14. The summed E-state index contributed by atoms with van der Waals surface area (Å²) in [6.07, 6.45) is 2.87. The third kappa shape index (κ3) is 2.23. The zero-order valence-corrected chi connectivity index (χ0v) is 9.05. The molecule has 0 amide bonds. The zero-order valence-electron chi connectivity index (χ0n) is 8.24. The molecule has 5 nitrogen and oxygen atoms in total. The van der Waals surface area contributed by atoms with E-state index in [1.807, 2.05) is 6.07 Å². The molecule has 0 aliphatic heterocycles. The Kier molecular flexibility index (Phi) is 2.67. The lowest BCUT2D eigenvalue weighted by atomic mass is 10.2. The van der Waals surface area contributed by atoms with E-state index in [1.54, 1.807) is 24.4 Å². The van der Waals surface area contributed by atoms with Gasteiger partial charge < -0.3 is 0 Å². The molecule has 0 spiro atoms. The fourth-order valence-corrected chi connectivity index (χ4v) is 1.67. The predicted octanol–water partition coefficient (Wildman–Crippen LogP) is 0.791. The monoisotopic (exact) mass is 235 g/mol.